The molecule has 4 rings (SSSR count). The number of hydrogen-bond donors (Lipinski definition) is 2. The number of aliphatic hydroxyl groups excluding tert-OH is 1. The summed E-state index contributed by atoms with van der Waals surface area (Å²) in [6.07, 6.45) is 2.96. The maximum Gasteiger partial charge on any atom is 0.248 e. The van der Waals surface area contributed by atoms with Gasteiger partial charge in [-0.2, -0.15) is 0 Å². The summed E-state index contributed by atoms with van der Waals surface area (Å²) in [7, 11) is 0. The standard InChI is InChI=1S/C24H17Cl2NO4/c25-20-3-1-2-19(24(20)26)22-12-8-17(30-22)10-13-23(29)27-16-6-4-15(5-7-16)21-11-9-18(14-28)31-21/h1-13,28H,14H2,(H,27,29). The largest absolute Gasteiger partial charge is 0.459 e. The fraction of sp³-hybridized carbons (Fsp3) is 0.0417. The van der Waals surface area contributed by atoms with Crippen molar-refractivity contribution in [3.63, 3.8) is 0 Å². The van der Waals surface area contributed by atoms with Crippen LogP contribution in [-0.2, 0) is 11.4 Å². The van der Waals surface area contributed by atoms with E-state index >= 15 is 0 Å². The number of halogens is 2. The predicted molar refractivity (Wildman–Crippen MR) is 122 cm³/mol. The molecule has 0 spiro atoms. The zero-order chi connectivity index (χ0) is 21.8. The number of hydrogen-bond acceptors (Lipinski definition) is 4. The maximum atomic E-state index is 12.2. The van der Waals surface area contributed by atoms with Crippen molar-refractivity contribution < 1.29 is 18.7 Å². The molecule has 0 aliphatic rings. The van der Waals surface area contributed by atoms with Crippen LogP contribution in [0.1, 0.15) is 11.5 Å². The number of anilines is 1. The molecule has 5 nitrogen and oxygen atoms in total. The minimum atomic E-state index is -0.299. The van der Waals surface area contributed by atoms with E-state index in [0.29, 0.717) is 44.3 Å². The molecule has 0 aliphatic heterocycles. The van der Waals surface area contributed by atoms with Gasteiger partial charge in [0.1, 0.15) is 29.6 Å². The number of benzene rings is 2. The number of rotatable bonds is 6. The fourth-order valence-electron chi connectivity index (χ4n) is 2.96. The summed E-state index contributed by atoms with van der Waals surface area (Å²) in [6, 6.07) is 19.5. The van der Waals surface area contributed by atoms with Gasteiger partial charge >= 0.3 is 0 Å². The minimum Gasteiger partial charge on any atom is -0.459 e. The second-order valence-electron chi connectivity index (χ2n) is 6.63. The quantitative estimate of drug-likeness (QED) is 0.320. The molecule has 7 heteroatoms. The van der Waals surface area contributed by atoms with Crippen LogP contribution in [0.5, 0.6) is 0 Å². The van der Waals surface area contributed by atoms with E-state index in [0.717, 1.165) is 5.56 Å². The molecule has 0 fully saturated rings. The van der Waals surface area contributed by atoms with Gasteiger partial charge in [0.2, 0.25) is 5.91 Å². The van der Waals surface area contributed by atoms with Crippen LogP contribution in [0.15, 0.2) is 81.6 Å². The lowest BCUT2D eigenvalue weighted by molar-refractivity contribution is -0.111. The number of amides is 1. The van der Waals surface area contributed by atoms with E-state index < -0.39 is 0 Å². The highest BCUT2D eigenvalue weighted by atomic mass is 35.5. The van der Waals surface area contributed by atoms with E-state index in [-0.39, 0.29) is 12.5 Å². The van der Waals surface area contributed by atoms with Gasteiger partial charge in [-0.1, -0.05) is 29.3 Å². The monoisotopic (exact) mass is 453 g/mol. The van der Waals surface area contributed by atoms with Crippen LogP contribution in [0.2, 0.25) is 10.0 Å². The van der Waals surface area contributed by atoms with E-state index in [4.69, 9.17) is 37.1 Å². The molecule has 0 saturated heterocycles. The Balaban J connectivity index is 1.40. The first kappa shape index (κ1) is 21.0. The molecule has 0 unspecified atom stereocenters. The molecule has 2 aromatic heterocycles. The Bertz CT molecular complexity index is 1240. The average Bonchev–Trinajstić information content (AvgIpc) is 3.44. The summed E-state index contributed by atoms with van der Waals surface area (Å²) in [5.41, 5.74) is 2.16. The Hall–Kier alpha value is -3.25. The number of carbonyl (C=O) groups is 1. The number of aliphatic hydroxyl groups is 1. The summed E-state index contributed by atoms with van der Waals surface area (Å²) < 4.78 is 11.2. The first-order valence-corrected chi connectivity index (χ1v) is 10.1. The maximum absolute atomic E-state index is 12.2. The lowest BCUT2D eigenvalue weighted by Gasteiger charge is -2.03. The second-order valence-corrected chi connectivity index (χ2v) is 7.41. The van der Waals surface area contributed by atoms with Crippen molar-refractivity contribution in [3.8, 4) is 22.6 Å². The van der Waals surface area contributed by atoms with Crippen molar-refractivity contribution in [2.45, 2.75) is 6.61 Å². The summed E-state index contributed by atoms with van der Waals surface area (Å²) in [5, 5.41) is 12.7. The predicted octanol–water partition coefficient (Wildman–Crippen LogP) is 6.66. The number of nitrogens with one attached hydrogen (secondary N) is 1. The van der Waals surface area contributed by atoms with E-state index in [1.165, 1.54) is 6.08 Å². The molecule has 1 amide bonds. The van der Waals surface area contributed by atoms with E-state index in [9.17, 15) is 4.79 Å². The van der Waals surface area contributed by atoms with Gasteiger partial charge in [-0.05, 0) is 66.7 Å². The first-order valence-electron chi connectivity index (χ1n) is 9.37. The Morgan fingerprint density at radius 2 is 1.71 bits per heavy atom. The van der Waals surface area contributed by atoms with Gasteiger partial charge in [-0.3, -0.25) is 4.79 Å². The van der Waals surface area contributed by atoms with Gasteiger partial charge in [-0.25, -0.2) is 0 Å². The van der Waals surface area contributed by atoms with Crippen LogP contribution in [0.3, 0.4) is 0 Å². The van der Waals surface area contributed by atoms with Gasteiger partial charge in [-0.15, -0.1) is 0 Å². The van der Waals surface area contributed by atoms with Crippen molar-refractivity contribution >= 4 is 40.9 Å². The lowest BCUT2D eigenvalue weighted by Crippen LogP contribution is -2.07. The molecule has 0 atom stereocenters. The van der Waals surface area contributed by atoms with Crippen molar-refractivity contribution in [2.24, 2.45) is 0 Å². The highest BCUT2D eigenvalue weighted by molar-refractivity contribution is 6.43. The minimum absolute atomic E-state index is 0.149. The molecule has 31 heavy (non-hydrogen) atoms. The van der Waals surface area contributed by atoms with Crippen LogP contribution >= 0.6 is 23.2 Å². The lowest BCUT2D eigenvalue weighted by atomic mass is 10.1. The number of furan rings is 2. The first-order chi connectivity index (χ1) is 15.0. The highest BCUT2D eigenvalue weighted by Gasteiger charge is 2.10. The van der Waals surface area contributed by atoms with Crippen molar-refractivity contribution in [1.82, 2.24) is 0 Å². The molecule has 0 bridgehead atoms. The Kier molecular flexibility index (Phi) is 6.28. The third-order valence-electron chi connectivity index (χ3n) is 4.50. The van der Waals surface area contributed by atoms with Crippen LogP contribution in [0, 0.1) is 0 Å². The topological polar surface area (TPSA) is 75.6 Å². The third-order valence-corrected chi connectivity index (χ3v) is 5.32. The molecule has 156 valence electrons. The highest BCUT2D eigenvalue weighted by Crippen LogP contribution is 2.34. The van der Waals surface area contributed by atoms with Gasteiger partial charge in [0.15, 0.2) is 0 Å². The molecule has 0 aliphatic carbocycles. The Morgan fingerprint density at radius 3 is 2.45 bits per heavy atom. The molecule has 0 radical (unpaired) electrons. The number of carbonyl (C=O) groups excluding carboxylic acids is 1. The van der Waals surface area contributed by atoms with E-state index in [1.807, 2.05) is 18.2 Å². The van der Waals surface area contributed by atoms with Crippen molar-refractivity contribution in [1.29, 1.82) is 0 Å². The van der Waals surface area contributed by atoms with Gasteiger partial charge in [0, 0.05) is 22.9 Å². The van der Waals surface area contributed by atoms with E-state index in [2.05, 4.69) is 5.32 Å². The third kappa shape index (κ3) is 4.91. The zero-order valence-electron chi connectivity index (χ0n) is 16.1. The van der Waals surface area contributed by atoms with Crippen LogP contribution in [-0.4, -0.2) is 11.0 Å². The average molecular weight is 454 g/mol. The zero-order valence-corrected chi connectivity index (χ0v) is 17.7. The second kappa shape index (κ2) is 9.27. The SMILES string of the molecule is O=C(C=Cc1ccc(-c2cccc(Cl)c2Cl)o1)Nc1ccc(-c2ccc(CO)o2)cc1. The van der Waals surface area contributed by atoms with Crippen LogP contribution in [0.4, 0.5) is 5.69 Å². The Morgan fingerprint density at radius 1 is 0.935 bits per heavy atom. The molecule has 2 aromatic carbocycles. The Labute approximate surface area is 188 Å². The van der Waals surface area contributed by atoms with Gasteiger partial charge in [0.05, 0.1) is 10.0 Å². The molecular weight excluding hydrogens is 437 g/mol. The molecule has 0 saturated carbocycles. The van der Waals surface area contributed by atoms with Gasteiger partial charge in [0.25, 0.3) is 0 Å². The molecule has 2 heterocycles. The molecule has 4 aromatic rings. The summed E-state index contributed by atoms with van der Waals surface area (Å²) in [6.45, 7) is -0.149. The van der Waals surface area contributed by atoms with Crippen molar-refractivity contribution in [3.05, 3.63) is 94.4 Å². The summed E-state index contributed by atoms with van der Waals surface area (Å²) >= 11 is 12.3. The molecular formula is C24H17Cl2NO4. The fourth-order valence-corrected chi connectivity index (χ4v) is 3.35. The summed E-state index contributed by atoms with van der Waals surface area (Å²) in [4.78, 5) is 12.2. The normalized spacial score (nSPS) is 11.2. The van der Waals surface area contributed by atoms with Crippen LogP contribution in [0.25, 0.3) is 28.7 Å². The summed E-state index contributed by atoms with van der Waals surface area (Å²) in [5.74, 6) is 1.91. The van der Waals surface area contributed by atoms with Crippen molar-refractivity contribution in [2.75, 3.05) is 5.32 Å². The van der Waals surface area contributed by atoms with Crippen LogP contribution < -0.4 is 5.32 Å². The smallest absolute Gasteiger partial charge is 0.248 e. The van der Waals surface area contributed by atoms with Gasteiger partial charge < -0.3 is 19.3 Å². The molecule has 2 N–H and O–H groups in total. The van der Waals surface area contributed by atoms with E-state index in [1.54, 1.807) is 54.6 Å².